The van der Waals surface area contributed by atoms with Crippen molar-refractivity contribution < 1.29 is 19.4 Å². The molecule has 5 aliphatic rings. The van der Waals surface area contributed by atoms with E-state index in [9.17, 15) is 9.90 Å². The third kappa shape index (κ3) is 6.95. The van der Waals surface area contributed by atoms with E-state index < -0.39 is 6.29 Å². The molecule has 9 rings (SSSR count). The summed E-state index contributed by atoms with van der Waals surface area (Å²) in [5, 5.41) is 25.4. The zero-order valence-corrected chi connectivity index (χ0v) is 29.6. The zero-order valence-electron chi connectivity index (χ0n) is 28.8. The first-order chi connectivity index (χ1) is 24.3. The maximum atomic E-state index is 13.2. The molecule has 4 saturated carbocycles. The van der Waals surface area contributed by atoms with Crippen LogP contribution in [0.15, 0.2) is 84.3 Å². The van der Waals surface area contributed by atoms with Crippen LogP contribution in [0.3, 0.4) is 0 Å². The highest BCUT2D eigenvalue weighted by Gasteiger charge is 2.51. The standard InChI is InChI=1S/C40H47N5O4S/c1-25-35(23-50-39-44-42-24-45(39)2)48-37(49-36(25)31-9-7-26(22-46)8-10-31)32-13-11-30(12-14-32)34-6-4-3-5-33(34)21-41-38(47)43-40-18-27-15-28(19-40)17-29(16-27)20-40/h3-14,24-25,27-29,35-37,46H,15-23H2,1-2H3,(H2,41,43,47). The summed E-state index contributed by atoms with van der Waals surface area (Å²) in [5.41, 5.74) is 6.10. The Morgan fingerprint density at radius 2 is 1.62 bits per heavy atom. The van der Waals surface area contributed by atoms with Crippen molar-refractivity contribution in [2.24, 2.45) is 30.7 Å². The quantitative estimate of drug-likeness (QED) is 0.149. The van der Waals surface area contributed by atoms with E-state index >= 15 is 0 Å². The number of aryl methyl sites for hydroxylation is 1. The first-order valence-corrected chi connectivity index (χ1v) is 19.0. The van der Waals surface area contributed by atoms with E-state index in [1.807, 2.05) is 48.0 Å². The third-order valence-electron chi connectivity index (χ3n) is 11.5. The molecular weight excluding hydrogens is 647 g/mol. The molecule has 0 spiro atoms. The van der Waals surface area contributed by atoms with Gasteiger partial charge in [0.2, 0.25) is 0 Å². The first kappa shape index (κ1) is 33.4. The van der Waals surface area contributed by atoms with Crippen molar-refractivity contribution in [2.75, 3.05) is 5.75 Å². The van der Waals surface area contributed by atoms with Crippen LogP contribution in [0.25, 0.3) is 11.1 Å². The normalized spacial score (nSPS) is 29.9. The topological polar surface area (TPSA) is 111 Å². The van der Waals surface area contributed by atoms with Crippen LogP contribution < -0.4 is 10.6 Å². The summed E-state index contributed by atoms with van der Waals surface area (Å²) in [4.78, 5) is 13.2. The maximum Gasteiger partial charge on any atom is 0.315 e. The number of ether oxygens (including phenoxy) is 2. The molecule has 50 heavy (non-hydrogen) atoms. The lowest BCUT2D eigenvalue weighted by atomic mass is 9.53. The molecule has 1 aliphatic heterocycles. The number of benzene rings is 3. The van der Waals surface area contributed by atoms with E-state index in [1.54, 1.807) is 18.1 Å². The van der Waals surface area contributed by atoms with Crippen molar-refractivity contribution >= 4 is 17.8 Å². The van der Waals surface area contributed by atoms with Gasteiger partial charge in [-0.25, -0.2) is 4.79 Å². The van der Waals surface area contributed by atoms with Crippen LogP contribution >= 0.6 is 11.8 Å². The summed E-state index contributed by atoms with van der Waals surface area (Å²) in [6.07, 6.45) is 8.35. The van der Waals surface area contributed by atoms with Crippen molar-refractivity contribution in [1.29, 1.82) is 0 Å². The molecule has 4 unspecified atom stereocenters. The van der Waals surface area contributed by atoms with Gasteiger partial charge >= 0.3 is 6.03 Å². The van der Waals surface area contributed by atoms with Gasteiger partial charge in [-0.3, -0.25) is 0 Å². The van der Waals surface area contributed by atoms with Gasteiger partial charge < -0.3 is 29.8 Å². The van der Waals surface area contributed by atoms with Gasteiger partial charge in [-0.05, 0) is 84.1 Å². The van der Waals surface area contributed by atoms with E-state index in [0.717, 1.165) is 75.6 Å². The van der Waals surface area contributed by atoms with Crippen LogP contribution in [-0.2, 0) is 29.7 Å². The Morgan fingerprint density at radius 1 is 0.940 bits per heavy atom. The molecule has 1 saturated heterocycles. The van der Waals surface area contributed by atoms with Gasteiger partial charge in [0.05, 0.1) is 18.8 Å². The van der Waals surface area contributed by atoms with Crippen LogP contribution in [0.1, 0.15) is 80.1 Å². The van der Waals surface area contributed by atoms with Crippen molar-refractivity contribution in [3.8, 4) is 11.1 Å². The van der Waals surface area contributed by atoms with E-state index in [-0.39, 0.29) is 36.3 Å². The number of amides is 2. The lowest BCUT2D eigenvalue weighted by Gasteiger charge is -2.56. The monoisotopic (exact) mass is 693 g/mol. The molecule has 5 fully saturated rings. The smallest absolute Gasteiger partial charge is 0.315 e. The Hall–Kier alpha value is -3.70. The average Bonchev–Trinajstić information content (AvgIpc) is 3.54. The maximum absolute atomic E-state index is 13.2. The predicted octanol–water partition coefficient (Wildman–Crippen LogP) is 7.33. The van der Waals surface area contributed by atoms with Crippen LogP contribution in [0.2, 0.25) is 0 Å². The Bertz CT molecular complexity index is 1760. The van der Waals surface area contributed by atoms with Crippen molar-refractivity contribution in [3.05, 3.63) is 101 Å². The van der Waals surface area contributed by atoms with Crippen LogP contribution in [0.5, 0.6) is 0 Å². The lowest BCUT2D eigenvalue weighted by molar-refractivity contribution is -0.268. The second-order valence-corrected chi connectivity index (χ2v) is 16.1. The molecule has 2 amide bonds. The molecule has 262 valence electrons. The molecule has 4 aromatic rings. The Morgan fingerprint density at radius 3 is 2.28 bits per heavy atom. The molecule has 4 aliphatic carbocycles. The number of aromatic nitrogens is 3. The van der Waals surface area contributed by atoms with Gasteiger partial charge in [0, 0.05) is 36.4 Å². The summed E-state index contributed by atoms with van der Waals surface area (Å²) in [6.45, 7) is 2.63. The summed E-state index contributed by atoms with van der Waals surface area (Å²) >= 11 is 1.63. The number of thioether (sulfide) groups is 1. The SMILES string of the molecule is CC1C(CSc2nncn2C)OC(c2ccc(-c3ccccc3CNC(=O)NC34CC5CC(CC(C5)C3)C4)cc2)OC1c1ccc(CO)cc1. The molecule has 0 radical (unpaired) electrons. The minimum absolute atomic E-state index is 0.00460. The van der Waals surface area contributed by atoms with E-state index in [1.165, 1.54) is 19.3 Å². The molecular formula is C40H47N5O4S. The molecule has 4 bridgehead atoms. The predicted molar refractivity (Wildman–Crippen MR) is 193 cm³/mol. The van der Waals surface area contributed by atoms with Crippen molar-refractivity contribution in [2.45, 2.75) is 87.8 Å². The zero-order chi connectivity index (χ0) is 34.2. The molecule has 1 aromatic heterocycles. The van der Waals surface area contributed by atoms with E-state index in [0.29, 0.717) is 12.3 Å². The van der Waals surface area contributed by atoms with Crippen LogP contribution in [-0.4, -0.2) is 43.3 Å². The number of nitrogens with one attached hydrogen (secondary N) is 2. The highest BCUT2D eigenvalue weighted by molar-refractivity contribution is 7.99. The number of aliphatic hydroxyl groups is 1. The molecule has 2 heterocycles. The Balaban J connectivity index is 0.964. The molecule has 3 N–H and O–H groups in total. The van der Waals surface area contributed by atoms with Gasteiger partial charge in [0.25, 0.3) is 0 Å². The minimum atomic E-state index is -0.557. The fraction of sp³-hybridized carbons (Fsp3) is 0.475. The summed E-state index contributed by atoms with van der Waals surface area (Å²) < 4.78 is 15.3. The van der Waals surface area contributed by atoms with Gasteiger partial charge in [-0.2, -0.15) is 0 Å². The number of rotatable bonds is 10. The van der Waals surface area contributed by atoms with Gasteiger partial charge in [-0.1, -0.05) is 91.5 Å². The number of hydrogen-bond acceptors (Lipinski definition) is 7. The average molecular weight is 694 g/mol. The molecule has 9 nitrogen and oxygen atoms in total. The second kappa shape index (κ2) is 14.1. The summed E-state index contributed by atoms with van der Waals surface area (Å²) in [7, 11) is 1.94. The minimum Gasteiger partial charge on any atom is -0.392 e. The van der Waals surface area contributed by atoms with Crippen LogP contribution in [0.4, 0.5) is 4.79 Å². The highest BCUT2D eigenvalue weighted by atomic mass is 32.2. The Kier molecular flexibility index (Phi) is 9.46. The van der Waals surface area contributed by atoms with E-state index in [4.69, 9.17) is 9.47 Å². The van der Waals surface area contributed by atoms with Crippen molar-refractivity contribution in [1.82, 2.24) is 25.4 Å². The summed E-state index contributed by atoms with van der Waals surface area (Å²) in [6, 6.07) is 24.6. The first-order valence-electron chi connectivity index (χ1n) is 18.1. The number of aliphatic hydroxyl groups excluding tert-OH is 1. The number of carbonyl (C=O) groups is 1. The number of urea groups is 1. The van der Waals surface area contributed by atoms with Crippen LogP contribution in [0, 0.1) is 23.7 Å². The largest absolute Gasteiger partial charge is 0.392 e. The molecule has 4 atom stereocenters. The van der Waals surface area contributed by atoms with E-state index in [2.05, 4.69) is 64.2 Å². The number of carbonyl (C=O) groups excluding carboxylic acids is 1. The third-order valence-corrected chi connectivity index (χ3v) is 12.7. The second-order valence-electron chi connectivity index (χ2n) is 15.1. The number of nitrogens with zero attached hydrogens (tertiary/aromatic N) is 3. The lowest BCUT2D eigenvalue weighted by Crippen LogP contribution is -2.61. The van der Waals surface area contributed by atoms with Crippen molar-refractivity contribution in [3.63, 3.8) is 0 Å². The molecule has 10 heteroatoms. The fourth-order valence-electron chi connectivity index (χ4n) is 9.37. The highest BCUT2D eigenvalue weighted by Crippen LogP contribution is 2.55. The molecule has 3 aromatic carbocycles. The summed E-state index contributed by atoms with van der Waals surface area (Å²) in [5.74, 6) is 3.14. The Labute approximate surface area is 298 Å². The van der Waals surface area contributed by atoms with Gasteiger partial charge in [0.15, 0.2) is 11.4 Å². The number of hydrogen-bond donors (Lipinski definition) is 3. The van der Waals surface area contributed by atoms with Gasteiger partial charge in [0.1, 0.15) is 6.33 Å². The fourth-order valence-corrected chi connectivity index (χ4v) is 10.4. The van der Waals surface area contributed by atoms with Gasteiger partial charge in [-0.15, -0.1) is 10.2 Å².